The van der Waals surface area contributed by atoms with Gasteiger partial charge in [-0.25, -0.2) is 9.38 Å². The number of rotatable bonds is 2. The minimum atomic E-state index is -0.332. The van der Waals surface area contributed by atoms with E-state index in [1.54, 1.807) is 18.2 Å². The first-order valence-electron chi connectivity index (χ1n) is 6.41. The van der Waals surface area contributed by atoms with E-state index in [1.807, 2.05) is 24.3 Å². The summed E-state index contributed by atoms with van der Waals surface area (Å²) in [5.74, 6) is -0.563. The maximum atomic E-state index is 13.2. The lowest BCUT2D eigenvalue weighted by Gasteiger charge is -1.96. The van der Waals surface area contributed by atoms with Crippen LogP contribution in [-0.2, 0) is 4.79 Å². The molecule has 0 aliphatic carbocycles. The van der Waals surface area contributed by atoms with Crippen LogP contribution < -0.4 is 5.32 Å². The van der Waals surface area contributed by atoms with E-state index in [0.29, 0.717) is 15.6 Å². The summed E-state index contributed by atoms with van der Waals surface area (Å²) in [5.41, 5.74) is 1.39. The van der Waals surface area contributed by atoms with Crippen molar-refractivity contribution in [1.82, 2.24) is 5.32 Å². The summed E-state index contributed by atoms with van der Waals surface area (Å²) in [6, 6.07) is 13.5. The van der Waals surface area contributed by atoms with E-state index in [-0.39, 0.29) is 11.7 Å². The van der Waals surface area contributed by atoms with Gasteiger partial charge in [0.1, 0.15) is 5.82 Å². The minimum absolute atomic E-state index is 0.231. The van der Waals surface area contributed by atoms with Crippen molar-refractivity contribution < 1.29 is 9.18 Å². The number of carbonyl (C=O) groups excluding carboxylic acids is 1. The molecule has 0 spiro atoms. The van der Waals surface area contributed by atoms with Gasteiger partial charge in [0.2, 0.25) is 0 Å². The number of nitrogens with one attached hydrogen (secondary N) is 1. The van der Waals surface area contributed by atoms with Crippen LogP contribution in [-0.4, -0.2) is 11.1 Å². The summed E-state index contributed by atoms with van der Waals surface area (Å²) >= 11 is 4.59. The number of carbonyl (C=O) groups is 1. The standard InChI is InChI=1S/C16H10BrFN2OS/c17-11-4-6-13(7-5-11)19-16-20-15(21)14(22-16)9-10-2-1-3-12(18)8-10/h1-9H,(H,19,20,21). The topological polar surface area (TPSA) is 41.5 Å². The normalized spacial score (nSPS) is 18.0. The van der Waals surface area contributed by atoms with Crippen molar-refractivity contribution in [2.75, 3.05) is 0 Å². The molecule has 1 fully saturated rings. The van der Waals surface area contributed by atoms with Gasteiger partial charge in [-0.05, 0) is 59.8 Å². The van der Waals surface area contributed by atoms with Crippen LogP contribution in [0.5, 0.6) is 0 Å². The zero-order valence-electron chi connectivity index (χ0n) is 11.2. The lowest BCUT2D eigenvalue weighted by Crippen LogP contribution is -2.19. The molecule has 1 saturated heterocycles. The molecule has 3 nitrogen and oxygen atoms in total. The third-order valence-electron chi connectivity index (χ3n) is 2.85. The van der Waals surface area contributed by atoms with Crippen LogP contribution in [0.15, 0.2) is 62.9 Å². The van der Waals surface area contributed by atoms with E-state index < -0.39 is 0 Å². The Labute approximate surface area is 139 Å². The molecule has 0 bridgehead atoms. The van der Waals surface area contributed by atoms with Crippen LogP contribution in [0, 0.1) is 5.82 Å². The largest absolute Gasteiger partial charge is 0.300 e. The Morgan fingerprint density at radius 1 is 1.18 bits per heavy atom. The number of hydrogen-bond acceptors (Lipinski definition) is 3. The molecular formula is C16H10BrFN2OS. The zero-order chi connectivity index (χ0) is 15.5. The van der Waals surface area contributed by atoms with Gasteiger partial charge in [-0.15, -0.1) is 0 Å². The van der Waals surface area contributed by atoms with Crippen LogP contribution in [0.3, 0.4) is 0 Å². The van der Waals surface area contributed by atoms with Crippen molar-refractivity contribution >= 4 is 50.5 Å². The van der Waals surface area contributed by atoms with Gasteiger partial charge in [0.05, 0.1) is 10.6 Å². The Kier molecular flexibility index (Phi) is 4.40. The highest BCUT2D eigenvalue weighted by Gasteiger charge is 2.23. The predicted octanol–water partition coefficient (Wildman–Crippen LogP) is 4.48. The predicted molar refractivity (Wildman–Crippen MR) is 91.3 cm³/mol. The van der Waals surface area contributed by atoms with Crippen LogP contribution in [0.1, 0.15) is 5.56 Å². The third-order valence-corrected chi connectivity index (χ3v) is 4.29. The maximum absolute atomic E-state index is 13.2. The molecule has 1 aliphatic rings. The number of aliphatic imine (C=N–C) groups is 1. The molecule has 1 aliphatic heterocycles. The Morgan fingerprint density at radius 2 is 1.95 bits per heavy atom. The number of hydrogen-bond donors (Lipinski definition) is 1. The van der Waals surface area contributed by atoms with Gasteiger partial charge in [0, 0.05) is 4.47 Å². The first kappa shape index (κ1) is 15.0. The van der Waals surface area contributed by atoms with Gasteiger partial charge in [-0.2, -0.15) is 0 Å². The van der Waals surface area contributed by atoms with Crippen molar-refractivity contribution in [3.8, 4) is 0 Å². The van der Waals surface area contributed by atoms with E-state index in [1.165, 1.54) is 23.9 Å². The Balaban J connectivity index is 1.82. The molecule has 110 valence electrons. The first-order chi connectivity index (χ1) is 10.6. The highest BCUT2D eigenvalue weighted by Crippen LogP contribution is 2.28. The molecule has 0 unspecified atom stereocenters. The van der Waals surface area contributed by atoms with Gasteiger partial charge in [0.15, 0.2) is 5.17 Å². The molecule has 1 amide bonds. The Morgan fingerprint density at radius 3 is 2.68 bits per heavy atom. The lowest BCUT2D eigenvalue weighted by atomic mass is 10.2. The van der Waals surface area contributed by atoms with Crippen molar-refractivity contribution in [3.63, 3.8) is 0 Å². The molecular weight excluding hydrogens is 367 g/mol. The lowest BCUT2D eigenvalue weighted by molar-refractivity contribution is -0.115. The van der Waals surface area contributed by atoms with Gasteiger partial charge < -0.3 is 5.32 Å². The highest BCUT2D eigenvalue weighted by atomic mass is 79.9. The van der Waals surface area contributed by atoms with Crippen molar-refractivity contribution in [2.24, 2.45) is 4.99 Å². The Hall–Kier alpha value is -1.92. The molecule has 0 radical (unpaired) electrons. The second kappa shape index (κ2) is 6.46. The quantitative estimate of drug-likeness (QED) is 0.785. The fourth-order valence-corrected chi connectivity index (χ4v) is 2.97. The highest BCUT2D eigenvalue weighted by molar-refractivity contribution is 9.10. The van der Waals surface area contributed by atoms with Gasteiger partial charge >= 0.3 is 0 Å². The number of nitrogens with zero attached hydrogens (tertiary/aromatic N) is 1. The van der Waals surface area contributed by atoms with Gasteiger partial charge in [-0.3, -0.25) is 4.79 Å². The van der Waals surface area contributed by atoms with E-state index in [9.17, 15) is 9.18 Å². The monoisotopic (exact) mass is 376 g/mol. The summed E-state index contributed by atoms with van der Waals surface area (Å²) < 4.78 is 14.1. The summed E-state index contributed by atoms with van der Waals surface area (Å²) in [6.45, 7) is 0. The van der Waals surface area contributed by atoms with E-state index in [0.717, 1.165) is 10.2 Å². The fourth-order valence-electron chi connectivity index (χ4n) is 1.86. The number of amides is 1. The van der Waals surface area contributed by atoms with Crippen LogP contribution in [0.2, 0.25) is 0 Å². The molecule has 2 aromatic rings. The summed E-state index contributed by atoms with van der Waals surface area (Å²) in [4.78, 5) is 16.8. The molecule has 0 saturated carbocycles. The zero-order valence-corrected chi connectivity index (χ0v) is 13.6. The van der Waals surface area contributed by atoms with Crippen molar-refractivity contribution in [2.45, 2.75) is 0 Å². The number of halogens is 2. The molecule has 6 heteroatoms. The summed E-state index contributed by atoms with van der Waals surface area (Å²) in [5, 5.41) is 3.21. The van der Waals surface area contributed by atoms with Gasteiger partial charge in [-0.1, -0.05) is 28.1 Å². The third kappa shape index (κ3) is 3.64. The number of thioether (sulfide) groups is 1. The molecule has 3 rings (SSSR count). The fraction of sp³-hybridized carbons (Fsp3) is 0. The SMILES string of the molecule is O=C1NC(=Nc2ccc(Br)cc2)SC1=Cc1cccc(F)c1. The molecule has 22 heavy (non-hydrogen) atoms. The second-order valence-electron chi connectivity index (χ2n) is 4.51. The van der Waals surface area contributed by atoms with Crippen LogP contribution in [0.25, 0.3) is 6.08 Å². The first-order valence-corrected chi connectivity index (χ1v) is 8.02. The molecule has 0 aromatic heterocycles. The van der Waals surface area contributed by atoms with E-state index in [2.05, 4.69) is 26.2 Å². The van der Waals surface area contributed by atoms with Crippen LogP contribution in [0.4, 0.5) is 10.1 Å². The van der Waals surface area contributed by atoms with E-state index >= 15 is 0 Å². The van der Waals surface area contributed by atoms with E-state index in [4.69, 9.17) is 0 Å². The average Bonchev–Trinajstić information content (AvgIpc) is 2.81. The smallest absolute Gasteiger partial charge is 0.264 e. The number of amidine groups is 1. The number of benzene rings is 2. The second-order valence-corrected chi connectivity index (χ2v) is 6.46. The maximum Gasteiger partial charge on any atom is 0.264 e. The molecule has 2 aromatic carbocycles. The summed E-state index contributed by atoms with van der Waals surface area (Å²) in [6.07, 6.45) is 1.65. The van der Waals surface area contributed by atoms with Gasteiger partial charge in [0.25, 0.3) is 5.91 Å². The van der Waals surface area contributed by atoms with Crippen molar-refractivity contribution in [3.05, 3.63) is 69.3 Å². The minimum Gasteiger partial charge on any atom is -0.300 e. The van der Waals surface area contributed by atoms with Crippen molar-refractivity contribution in [1.29, 1.82) is 0 Å². The van der Waals surface area contributed by atoms with Crippen LogP contribution >= 0.6 is 27.7 Å². The molecule has 1 heterocycles. The Bertz CT molecular complexity index is 787. The molecule has 0 atom stereocenters. The summed E-state index contributed by atoms with van der Waals surface area (Å²) in [7, 11) is 0. The molecule has 1 N–H and O–H groups in total. The average molecular weight is 377 g/mol.